The highest BCUT2D eigenvalue weighted by Gasteiger charge is 2.58. The number of hydrogen-bond donors (Lipinski definition) is 1. The van der Waals surface area contributed by atoms with Gasteiger partial charge in [-0.25, -0.2) is 4.39 Å². The maximum absolute atomic E-state index is 17.9. The van der Waals surface area contributed by atoms with Crippen molar-refractivity contribution in [2.45, 2.75) is 86.8 Å². The minimum absolute atomic E-state index is 0.0598. The zero-order valence-electron chi connectivity index (χ0n) is 29.5. The molecule has 2 aromatic rings. The molecule has 1 saturated carbocycles. The number of halogens is 4. The number of aliphatic carboxylic acids is 1. The van der Waals surface area contributed by atoms with Crippen molar-refractivity contribution in [3.05, 3.63) is 59.2 Å². The zero-order chi connectivity index (χ0) is 36.5. The van der Waals surface area contributed by atoms with Crippen LogP contribution in [0.3, 0.4) is 0 Å². The number of carboxylic acids is 1. The van der Waals surface area contributed by atoms with E-state index in [0.29, 0.717) is 61.5 Å². The first-order chi connectivity index (χ1) is 24.4. The van der Waals surface area contributed by atoms with Crippen LogP contribution in [-0.2, 0) is 25.2 Å². The molecule has 1 amide bonds. The second-order valence-electron chi connectivity index (χ2n) is 14.7. The molecule has 0 spiro atoms. The lowest BCUT2D eigenvalue weighted by Crippen LogP contribution is -2.53. The van der Waals surface area contributed by atoms with Crippen LogP contribution in [0.5, 0.6) is 5.75 Å². The fraction of sp³-hybridized carbons (Fsp3) is 0.632. The molecular formula is C38H49F4N3O6. The smallest absolute Gasteiger partial charge is 0.416 e. The number of methoxy groups -OCH3 is 3. The predicted molar refractivity (Wildman–Crippen MR) is 183 cm³/mol. The van der Waals surface area contributed by atoms with Gasteiger partial charge in [0, 0.05) is 70.5 Å². The van der Waals surface area contributed by atoms with Crippen molar-refractivity contribution in [2.75, 3.05) is 65.6 Å². The minimum atomic E-state index is -4.57. The highest BCUT2D eigenvalue weighted by Crippen LogP contribution is 2.47. The molecule has 4 fully saturated rings. The van der Waals surface area contributed by atoms with Gasteiger partial charge in [0.05, 0.1) is 37.3 Å². The maximum Gasteiger partial charge on any atom is 0.416 e. The summed E-state index contributed by atoms with van der Waals surface area (Å²) in [5, 5.41) is 9.51. The molecule has 1 aliphatic carbocycles. The molecular weight excluding hydrogens is 670 g/mol. The Kier molecular flexibility index (Phi) is 11.2. The van der Waals surface area contributed by atoms with Crippen molar-refractivity contribution in [2.24, 2.45) is 5.92 Å². The largest absolute Gasteiger partial charge is 0.497 e. The van der Waals surface area contributed by atoms with Gasteiger partial charge in [0.25, 0.3) is 5.91 Å². The summed E-state index contributed by atoms with van der Waals surface area (Å²) in [7, 11) is 4.79. The van der Waals surface area contributed by atoms with Gasteiger partial charge in [-0.1, -0.05) is 18.2 Å². The summed E-state index contributed by atoms with van der Waals surface area (Å²) in [6.45, 7) is 1.17. The lowest BCUT2D eigenvalue weighted by Gasteiger charge is -2.35. The molecule has 9 nitrogen and oxygen atoms in total. The number of amides is 1. The Hall–Kier alpha value is -3.42. The molecule has 0 bridgehead atoms. The molecule has 280 valence electrons. The van der Waals surface area contributed by atoms with Crippen molar-refractivity contribution >= 4 is 17.6 Å². The number of anilines is 1. The normalized spacial score (nSPS) is 29.4. The average molecular weight is 720 g/mol. The van der Waals surface area contributed by atoms with Crippen LogP contribution in [-0.4, -0.2) is 111 Å². The second kappa shape index (κ2) is 15.3. The molecule has 1 N–H and O–H groups in total. The van der Waals surface area contributed by atoms with Crippen LogP contribution in [0.2, 0.25) is 0 Å². The fourth-order valence-electron chi connectivity index (χ4n) is 8.88. The van der Waals surface area contributed by atoms with Gasteiger partial charge in [-0.15, -0.1) is 0 Å². The number of carboxylic acid groups (broad SMARTS) is 1. The summed E-state index contributed by atoms with van der Waals surface area (Å²) in [5.41, 5.74) is -1.33. The van der Waals surface area contributed by atoms with E-state index in [1.165, 1.54) is 13.2 Å². The molecule has 0 aromatic heterocycles. The molecule has 3 heterocycles. The molecule has 3 aliphatic heterocycles. The van der Waals surface area contributed by atoms with E-state index < -0.39 is 47.2 Å². The monoisotopic (exact) mass is 719 g/mol. The van der Waals surface area contributed by atoms with E-state index in [-0.39, 0.29) is 37.8 Å². The van der Waals surface area contributed by atoms with Gasteiger partial charge in [-0.3, -0.25) is 14.5 Å². The van der Waals surface area contributed by atoms with Gasteiger partial charge in [0.2, 0.25) is 5.67 Å². The summed E-state index contributed by atoms with van der Waals surface area (Å²) in [6, 6.07) is 10.5. The highest BCUT2D eigenvalue weighted by molar-refractivity contribution is 5.88. The zero-order valence-corrected chi connectivity index (χ0v) is 29.5. The number of nitrogens with zero attached hydrogens (tertiary/aromatic N) is 3. The third kappa shape index (κ3) is 7.71. The first kappa shape index (κ1) is 37.3. The molecule has 3 saturated heterocycles. The number of benzene rings is 2. The van der Waals surface area contributed by atoms with Crippen LogP contribution in [0.25, 0.3) is 0 Å². The Morgan fingerprint density at radius 2 is 1.63 bits per heavy atom. The van der Waals surface area contributed by atoms with Gasteiger partial charge in [-0.05, 0) is 80.3 Å². The van der Waals surface area contributed by atoms with E-state index in [4.69, 9.17) is 14.2 Å². The van der Waals surface area contributed by atoms with Gasteiger partial charge in [0.15, 0.2) is 0 Å². The quantitative estimate of drug-likeness (QED) is 0.295. The van der Waals surface area contributed by atoms with Crippen molar-refractivity contribution in [3.63, 3.8) is 0 Å². The SMILES string of the molecule is COC[C@@H]1C[C@@H](c2ccc(C(F)(F)F)cc2N2CCC(C(=O)O)CC2)CN1C(=O)[C@]1(F)CN(C2CCC(OC)CC2)C[C@H]1c1ccc(OC)cc1. The number of ether oxygens (including phenoxy) is 3. The summed E-state index contributed by atoms with van der Waals surface area (Å²) in [4.78, 5) is 31.9. The number of likely N-dealkylation sites (tertiary alicyclic amines) is 2. The molecule has 13 heteroatoms. The van der Waals surface area contributed by atoms with Gasteiger partial charge in [0.1, 0.15) is 5.75 Å². The van der Waals surface area contributed by atoms with Crippen LogP contribution >= 0.6 is 0 Å². The number of hydrogen-bond acceptors (Lipinski definition) is 7. The van der Waals surface area contributed by atoms with E-state index in [1.807, 2.05) is 17.0 Å². The molecule has 51 heavy (non-hydrogen) atoms. The first-order valence-electron chi connectivity index (χ1n) is 17.9. The Morgan fingerprint density at radius 3 is 2.22 bits per heavy atom. The lowest BCUT2D eigenvalue weighted by molar-refractivity contribution is -0.146. The highest BCUT2D eigenvalue weighted by atomic mass is 19.4. The Labute approximate surface area is 296 Å². The summed E-state index contributed by atoms with van der Waals surface area (Å²) in [6.07, 6.45) is 0.0343. The number of alkyl halides is 4. The Balaban J connectivity index is 1.30. The van der Waals surface area contributed by atoms with Gasteiger partial charge < -0.3 is 29.1 Å². The van der Waals surface area contributed by atoms with Gasteiger partial charge in [-0.2, -0.15) is 13.2 Å². The average Bonchev–Trinajstić information content (AvgIpc) is 3.72. The number of rotatable bonds is 10. The van der Waals surface area contributed by atoms with Crippen molar-refractivity contribution < 1.29 is 46.5 Å². The van der Waals surface area contributed by atoms with E-state index in [9.17, 15) is 27.9 Å². The second-order valence-corrected chi connectivity index (χ2v) is 14.7. The van der Waals surface area contributed by atoms with E-state index in [1.54, 1.807) is 31.3 Å². The number of carbonyl (C=O) groups excluding carboxylic acids is 1. The Bertz CT molecular complexity index is 1530. The molecule has 2 aromatic carbocycles. The van der Waals surface area contributed by atoms with E-state index in [0.717, 1.165) is 37.8 Å². The third-order valence-electron chi connectivity index (χ3n) is 11.8. The van der Waals surface area contributed by atoms with Crippen molar-refractivity contribution in [3.8, 4) is 5.75 Å². The van der Waals surface area contributed by atoms with Crippen LogP contribution in [0.15, 0.2) is 42.5 Å². The number of piperidine rings is 1. The minimum Gasteiger partial charge on any atom is -0.497 e. The van der Waals surface area contributed by atoms with Crippen molar-refractivity contribution in [1.82, 2.24) is 9.80 Å². The molecule has 4 aliphatic rings. The predicted octanol–water partition coefficient (Wildman–Crippen LogP) is 6.11. The molecule has 4 atom stereocenters. The third-order valence-corrected chi connectivity index (χ3v) is 11.8. The standard InChI is InChI=1S/C38H49F4N3O6/c1-49-22-29-18-26(32-13-6-27(38(40,41)42)19-34(32)43-16-14-25(15-17-43)35(46)47)20-45(29)36(48)37(39)23-44(28-7-11-31(51-3)12-8-28)21-33(37)24-4-9-30(50-2)10-5-24/h4-6,9-10,13,19,25-26,28-29,31,33H,7-8,11-12,14-18,20-23H2,1-3H3,(H,46,47)/t26-,28?,29+,31?,33+,37+/m1/s1. The maximum atomic E-state index is 17.9. The van der Waals surface area contributed by atoms with Crippen LogP contribution < -0.4 is 9.64 Å². The van der Waals surface area contributed by atoms with E-state index >= 15 is 4.39 Å². The van der Waals surface area contributed by atoms with Gasteiger partial charge >= 0.3 is 12.1 Å². The summed E-state index contributed by atoms with van der Waals surface area (Å²) < 4.78 is 76.2. The summed E-state index contributed by atoms with van der Waals surface area (Å²) >= 11 is 0. The number of carbonyl (C=O) groups is 2. The fourth-order valence-corrected chi connectivity index (χ4v) is 8.88. The topological polar surface area (TPSA) is 91.8 Å². The molecule has 6 rings (SSSR count). The summed E-state index contributed by atoms with van der Waals surface area (Å²) in [5.74, 6) is -2.58. The molecule has 0 radical (unpaired) electrons. The van der Waals surface area contributed by atoms with Crippen molar-refractivity contribution in [1.29, 1.82) is 0 Å². The molecule has 0 unspecified atom stereocenters. The van der Waals surface area contributed by atoms with Crippen LogP contribution in [0.4, 0.5) is 23.2 Å². The first-order valence-corrected chi connectivity index (χ1v) is 17.9. The van der Waals surface area contributed by atoms with E-state index in [2.05, 4.69) is 4.90 Å². The Morgan fingerprint density at radius 1 is 0.941 bits per heavy atom. The lowest BCUT2D eigenvalue weighted by atomic mass is 9.85. The van der Waals surface area contributed by atoms with Crippen LogP contribution in [0.1, 0.15) is 73.5 Å². The van der Waals surface area contributed by atoms with Crippen LogP contribution in [0, 0.1) is 5.92 Å².